The van der Waals surface area contributed by atoms with E-state index in [0.29, 0.717) is 13.1 Å². The van der Waals surface area contributed by atoms with E-state index in [1.54, 1.807) is 4.90 Å². The van der Waals surface area contributed by atoms with Crippen LogP contribution in [0, 0.1) is 0 Å². The fourth-order valence-electron chi connectivity index (χ4n) is 4.61. The number of nitrogens with one attached hydrogen (secondary N) is 1. The van der Waals surface area contributed by atoms with E-state index in [9.17, 15) is 9.59 Å². The van der Waals surface area contributed by atoms with Crippen LogP contribution >= 0.6 is 0 Å². The zero-order valence-electron chi connectivity index (χ0n) is 16.4. The monoisotopic (exact) mass is 371 g/mol. The summed E-state index contributed by atoms with van der Waals surface area (Å²) in [7, 11) is 0. The summed E-state index contributed by atoms with van der Waals surface area (Å²) in [5.41, 5.74) is 9.29. The molecule has 2 fully saturated rings. The lowest BCUT2D eigenvalue weighted by atomic mass is 9.65. The molecule has 6 heteroatoms. The minimum Gasteiger partial charge on any atom is -0.444 e. The van der Waals surface area contributed by atoms with E-state index >= 15 is 0 Å². The van der Waals surface area contributed by atoms with E-state index in [2.05, 4.69) is 5.32 Å². The molecule has 2 aliphatic heterocycles. The molecule has 0 unspecified atom stereocenters. The molecule has 1 aromatic carbocycles. The summed E-state index contributed by atoms with van der Waals surface area (Å²) in [4.78, 5) is 26.7. The second-order valence-corrected chi connectivity index (χ2v) is 9.16. The van der Waals surface area contributed by atoms with Crippen LogP contribution in [0.5, 0.6) is 0 Å². The number of hydrogen-bond donors (Lipinski definition) is 2. The molecule has 27 heavy (non-hydrogen) atoms. The highest BCUT2D eigenvalue weighted by Gasteiger charge is 2.52. The zero-order valence-corrected chi connectivity index (χ0v) is 16.4. The zero-order chi connectivity index (χ0) is 19.4. The van der Waals surface area contributed by atoms with Crippen molar-refractivity contribution in [3.8, 4) is 0 Å². The van der Waals surface area contributed by atoms with Gasteiger partial charge < -0.3 is 20.7 Å². The fraction of sp³-hybridized carbons (Fsp3) is 0.619. The first-order chi connectivity index (χ1) is 12.7. The van der Waals surface area contributed by atoms with Gasteiger partial charge in [-0.2, -0.15) is 0 Å². The molecule has 0 atom stereocenters. The van der Waals surface area contributed by atoms with Gasteiger partial charge in [0.15, 0.2) is 0 Å². The molecular formula is C21H29N3O3. The van der Waals surface area contributed by atoms with Crippen LogP contribution in [0.2, 0.25) is 0 Å². The highest BCUT2D eigenvalue weighted by Crippen LogP contribution is 2.54. The Balaban J connectivity index is 1.53. The van der Waals surface area contributed by atoms with Gasteiger partial charge >= 0.3 is 6.09 Å². The molecule has 2 amide bonds. The van der Waals surface area contributed by atoms with Gasteiger partial charge in [-0.25, -0.2) is 4.79 Å². The van der Waals surface area contributed by atoms with Crippen molar-refractivity contribution in [2.45, 2.75) is 69.8 Å². The summed E-state index contributed by atoms with van der Waals surface area (Å²) in [5, 5.41) is 3.15. The maximum Gasteiger partial charge on any atom is 0.410 e. The summed E-state index contributed by atoms with van der Waals surface area (Å²) >= 11 is 0. The van der Waals surface area contributed by atoms with Crippen molar-refractivity contribution in [2.24, 2.45) is 0 Å². The van der Waals surface area contributed by atoms with Crippen LogP contribution in [0.15, 0.2) is 12.1 Å². The largest absolute Gasteiger partial charge is 0.444 e. The van der Waals surface area contributed by atoms with Crippen molar-refractivity contribution in [1.29, 1.82) is 0 Å². The van der Waals surface area contributed by atoms with Crippen molar-refractivity contribution in [1.82, 2.24) is 4.90 Å². The molecule has 146 valence electrons. The summed E-state index contributed by atoms with van der Waals surface area (Å²) in [5.74, 6) is 0.415. The third kappa shape index (κ3) is 3.05. The first kappa shape index (κ1) is 18.1. The third-order valence-electron chi connectivity index (χ3n) is 6.17. The van der Waals surface area contributed by atoms with E-state index in [1.807, 2.05) is 32.9 Å². The quantitative estimate of drug-likeness (QED) is 0.736. The van der Waals surface area contributed by atoms with E-state index in [1.165, 1.54) is 0 Å². The smallest absolute Gasteiger partial charge is 0.410 e. The van der Waals surface area contributed by atoms with E-state index < -0.39 is 5.60 Å². The Labute approximate surface area is 160 Å². The van der Waals surface area contributed by atoms with Gasteiger partial charge in [-0.15, -0.1) is 0 Å². The fourth-order valence-corrected chi connectivity index (χ4v) is 4.61. The maximum atomic E-state index is 12.6. The number of carbonyl (C=O) groups is 2. The Bertz CT molecular complexity index is 785. The van der Waals surface area contributed by atoms with Gasteiger partial charge in [-0.05, 0) is 75.6 Å². The Hall–Kier alpha value is -2.24. The molecule has 4 rings (SSSR count). The summed E-state index contributed by atoms with van der Waals surface area (Å²) in [6.45, 7) is 6.95. The predicted molar refractivity (Wildman–Crippen MR) is 105 cm³/mol. The second-order valence-electron chi connectivity index (χ2n) is 9.16. The van der Waals surface area contributed by atoms with Crippen molar-refractivity contribution in [3.05, 3.63) is 23.3 Å². The molecule has 1 saturated heterocycles. The molecule has 2 heterocycles. The number of piperidine rings is 1. The van der Waals surface area contributed by atoms with E-state index in [4.69, 9.17) is 10.5 Å². The van der Waals surface area contributed by atoms with Crippen LogP contribution in [0.3, 0.4) is 0 Å². The molecule has 1 saturated carbocycles. The molecule has 0 aromatic heterocycles. The van der Waals surface area contributed by atoms with Crippen LogP contribution in [0.4, 0.5) is 16.2 Å². The highest BCUT2D eigenvalue weighted by atomic mass is 16.6. The van der Waals surface area contributed by atoms with Gasteiger partial charge in [0.2, 0.25) is 5.91 Å². The van der Waals surface area contributed by atoms with Crippen LogP contribution in [0.1, 0.15) is 69.9 Å². The van der Waals surface area contributed by atoms with Gasteiger partial charge in [0.1, 0.15) is 5.60 Å². The summed E-state index contributed by atoms with van der Waals surface area (Å²) < 4.78 is 5.48. The lowest BCUT2D eigenvalue weighted by Gasteiger charge is -2.37. The number of ether oxygens (including phenoxy) is 1. The van der Waals surface area contributed by atoms with E-state index in [-0.39, 0.29) is 23.3 Å². The van der Waals surface area contributed by atoms with Crippen molar-refractivity contribution in [3.63, 3.8) is 0 Å². The number of fused-ring (bicyclic) bond motifs is 2. The van der Waals surface area contributed by atoms with Gasteiger partial charge in [-0.1, -0.05) is 6.42 Å². The summed E-state index contributed by atoms with van der Waals surface area (Å²) in [6, 6.07) is 3.98. The number of likely N-dealkylation sites (tertiary alicyclic amines) is 1. The van der Waals surface area contributed by atoms with E-state index in [0.717, 1.165) is 54.6 Å². The van der Waals surface area contributed by atoms with Gasteiger partial charge in [0.25, 0.3) is 0 Å². The van der Waals surface area contributed by atoms with Gasteiger partial charge in [-0.3, -0.25) is 4.79 Å². The molecule has 0 bridgehead atoms. The number of nitrogens with zero attached hydrogens (tertiary/aromatic N) is 1. The molecule has 6 nitrogen and oxygen atoms in total. The standard InChI is InChI=1S/C21H29N3O3/c1-20(2,3)27-19(26)24-9-5-13(6-10-24)15-11-14(22)12-16-17(15)23-18(25)21(16)7-4-8-21/h11-13H,4-10,22H2,1-3H3,(H,23,25). The number of rotatable bonds is 1. The minimum absolute atomic E-state index is 0.127. The van der Waals surface area contributed by atoms with Crippen LogP contribution in [-0.2, 0) is 14.9 Å². The Morgan fingerprint density at radius 1 is 1.26 bits per heavy atom. The number of nitrogens with two attached hydrogens (primary N) is 1. The van der Waals surface area contributed by atoms with Gasteiger partial charge in [0, 0.05) is 24.5 Å². The normalized spacial score (nSPS) is 21.6. The highest BCUT2D eigenvalue weighted by molar-refractivity contribution is 6.08. The SMILES string of the molecule is CC(C)(C)OC(=O)N1CCC(c2cc(N)cc3c2NC(=O)C32CCC2)CC1. The first-order valence-corrected chi connectivity index (χ1v) is 9.93. The molecule has 0 radical (unpaired) electrons. The minimum atomic E-state index is -0.482. The third-order valence-corrected chi connectivity index (χ3v) is 6.17. The average molecular weight is 371 g/mol. The number of anilines is 2. The number of nitrogen functional groups attached to an aromatic ring is 1. The predicted octanol–water partition coefficient (Wildman–Crippen LogP) is 3.76. The first-order valence-electron chi connectivity index (χ1n) is 9.93. The number of benzene rings is 1. The molecule has 1 aliphatic carbocycles. The van der Waals surface area contributed by atoms with Crippen molar-refractivity contribution < 1.29 is 14.3 Å². The van der Waals surface area contributed by atoms with Crippen molar-refractivity contribution >= 4 is 23.4 Å². The van der Waals surface area contributed by atoms with Crippen LogP contribution in [0.25, 0.3) is 0 Å². The molecular weight excluding hydrogens is 342 g/mol. The van der Waals surface area contributed by atoms with Crippen LogP contribution < -0.4 is 11.1 Å². The lowest BCUT2D eigenvalue weighted by Crippen LogP contribution is -2.41. The molecule has 1 spiro atoms. The maximum absolute atomic E-state index is 12.6. The van der Waals surface area contributed by atoms with Crippen molar-refractivity contribution in [2.75, 3.05) is 24.1 Å². The average Bonchev–Trinajstić information content (AvgIpc) is 2.84. The summed E-state index contributed by atoms with van der Waals surface area (Å²) in [6.07, 6.45) is 4.35. The molecule has 3 aliphatic rings. The Morgan fingerprint density at radius 3 is 2.48 bits per heavy atom. The molecule has 3 N–H and O–H groups in total. The number of carbonyl (C=O) groups excluding carboxylic acids is 2. The number of amides is 2. The number of hydrogen-bond acceptors (Lipinski definition) is 4. The van der Waals surface area contributed by atoms with Gasteiger partial charge in [0.05, 0.1) is 5.41 Å². The Kier molecular flexibility index (Phi) is 4.13. The molecule has 1 aromatic rings. The lowest BCUT2D eigenvalue weighted by molar-refractivity contribution is -0.123. The topological polar surface area (TPSA) is 84.7 Å². The Morgan fingerprint density at radius 2 is 1.93 bits per heavy atom. The second kappa shape index (κ2) is 6.14. The van der Waals surface area contributed by atoms with Crippen LogP contribution in [-0.4, -0.2) is 35.6 Å².